The summed E-state index contributed by atoms with van der Waals surface area (Å²) in [5.74, 6) is 1.69. The lowest BCUT2D eigenvalue weighted by Crippen LogP contribution is -2.15. The van der Waals surface area contributed by atoms with Gasteiger partial charge in [0.2, 0.25) is 5.88 Å². The summed E-state index contributed by atoms with van der Waals surface area (Å²) in [7, 11) is 1.94. The van der Waals surface area contributed by atoms with E-state index in [0.29, 0.717) is 0 Å². The lowest BCUT2D eigenvalue weighted by atomic mass is 9.83. The fourth-order valence-corrected chi connectivity index (χ4v) is 1.98. The Morgan fingerprint density at radius 1 is 1.50 bits per heavy atom. The van der Waals surface area contributed by atoms with Gasteiger partial charge in [0.25, 0.3) is 0 Å². The van der Waals surface area contributed by atoms with Crippen LogP contribution in [0.1, 0.15) is 31.2 Å². The standard InChI is InChI=1S/C13H20N2O/c1-14-10-12-6-3-8-15-13(12)16-9-7-11-4-2-5-11/h3,6,8,11,14H,2,4-5,7,9-10H2,1H3. The van der Waals surface area contributed by atoms with E-state index < -0.39 is 0 Å². The molecule has 0 amide bonds. The van der Waals surface area contributed by atoms with Crippen LogP contribution in [0.3, 0.4) is 0 Å². The molecule has 3 heteroatoms. The SMILES string of the molecule is CNCc1cccnc1OCCC1CCC1. The van der Waals surface area contributed by atoms with Crippen LogP contribution in [-0.4, -0.2) is 18.6 Å². The molecule has 1 fully saturated rings. The molecule has 88 valence electrons. The largest absolute Gasteiger partial charge is 0.477 e. The van der Waals surface area contributed by atoms with Crippen LogP contribution in [0.2, 0.25) is 0 Å². The summed E-state index contributed by atoms with van der Waals surface area (Å²) in [5, 5.41) is 3.13. The fourth-order valence-electron chi connectivity index (χ4n) is 1.98. The van der Waals surface area contributed by atoms with E-state index in [9.17, 15) is 0 Å². The highest BCUT2D eigenvalue weighted by molar-refractivity contribution is 5.25. The minimum absolute atomic E-state index is 0.788. The maximum absolute atomic E-state index is 5.74. The molecule has 0 radical (unpaired) electrons. The molecule has 0 aliphatic heterocycles. The molecule has 2 rings (SSSR count). The third kappa shape index (κ3) is 2.95. The van der Waals surface area contributed by atoms with Crippen molar-refractivity contribution in [1.82, 2.24) is 10.3 Å². The predicted molar refractivity (Wildman–Crippen MR) is 64.5 cm³/mol. The lowest BCUT2D eigenvalue weighted by molar-refractivity contribution is 0.216. The van der Waals surface area contributed by atoms with Gasteiger partial charge < -0.3 is 10.1 Å². The Bertz CT molecular complexity index is 323. The Balaban J connectivity index is 1.82. The molecule has 0 atom stereocenters. The summed E-state index contributed by atoms with van der Waals surface area (Å²) in [4.78, 5) is 4.28. The Hall–Kier alpha value is -1.09. The predicted octanol–water partition coefficient (Wildman–Crippen LogP) is 2.37. The first kappa shape index (κ1) is 11.4. The Kier molecular flexibility index (Phi) is 4.17. The molecule has 16 heavy (non-hydrogen) atoms. The number of hydrogen-bond donors (Lipinski definition) is 1. The second kappa shape index (κ2) is 5.85. The molecule has 3 nitrogen and oxygen atoms in total. The summed E-state index contributed by atoms with van der Waals surface area (Å²) >= 11 is 0. The number of ether oxygens (including phenoxy) is 1. The average molecular weight is 220 g/mol. The third-order valence-corrected chi connectivity index (χ3v) is 3.21. The van der Waals surface area contributed by atoms with Crippen molar-refractivity contribution in [3.8, 4) is 5.88 Å². The van der Waals surface area contributed by atoms with E-state index >= 15 is 0 Å². The molecule has 0 unspecified atom stereocenters. The van der Waals surface area contributed by atoms with Gasteiger partial charge in [0, 0.05) is 18.3 Å². The molecule has 0 bridgehead atoms. The van der Waals surface area contributed by atoms with Crippen molar-refractivity contribution in [1.29, 1.82) is 0 Å². The normalized spacial score (nSPS) is 15.8. The van der Waals surface area contributed by atoms with Gasteiger partial charge in [0.1, 0.15) is 0 Å². The fraction of sp³-hybridized carbons (Fsp3) is 0.615. The number of pyridine rings is 1. The van der Waals surface area contributed by atoms with Crippen molar-refractivity contribution in [3.05, 3.63) is 23.9 Å². The van der Waals surface area contributed by atoms with Gasteiger partial charge in [-0.15, -0.1) is 0 Å². The van der Waals surface area contributed by atoms with Crippen LogP contribution in [0.5, 0.6) is 5.88 Å². The third-order valence-electron chi connectivity index (χ3n) is 3.21. The van der Waals surface area contributed by atoms with Crippen LogP contribution in [0.15, 0.2) is 18.3 Å². The highest BCUT2D eigenvalue weighted by atomic mass is 16.5. The second-order valence-electron chi connectivity index (χ2n) is 4.43. The van der Waals surface area contributed by atoms with Crippen LogP contribution in [0.4, 0.5) is 0 Å². The molecular formula is C13H20N2O. The molecule has 0 spiro atoms. The van der Waals surface area contributed by atoms with Gasteiger partial charge in [-0.2, -0.15) is 0 Å². The summed E-state index contributed by atoms with van der Waals surface area (Å²) in [6.07, 6.45) is 7.14. The first-order chi connectivity index (χ1) is 7.90. The second-order valence-corrected chi connectivity index (χ2v) is 4.43. The van der Waals surface area contributed by atoms with Gasteiger partial charge in [-0.3, -0.25) is 0 Å². The van der Waals surface area contributed by atoms with Gasteiger partial charge in [-0.05, 0) is 25.5 Å². The van der Waals surface area contributed by atoms with Crippen molar-refractivity contribution >= 4 is 0 Å². The van der Waals surface area contributed by atoms with Crippen molar-refractivity contribution < 1.29 is 4.74 Å². The highest BCUT2D eigenvalue weighted by Gasteiger charge is 2.17. The van der Waals surface area contributed by atoms with E-state index in [1.54, 1.807) is 6.20 Å². The smallest absolute Gasteiger partial charge is 0.217 e. The summed E-state index contributed by atoms with van der Waals surface area (Å²) in [6, 6.07) is 4.01. The van der Waals surface area contributed by atoms with E-state index in [-0.39, 0.29) is 0 Å². The molecule has 0 aromatic carbocycles. The Labute approximate surface area is 97.2 Å². The quantitative estimate of drug-likeness (QED) is 0.799. The molecule has 0 saturated heterocycles. The van der Waals surface area contributed by atoms with E-state index in [0.717, 1.165) is 30.5 Å². The van der Waals surface area contributed by atoms with Crippen LogP contribution >= 0.6 is 0 Å². The zero-order chi connectivity index (χ0) is 11.2. The zero-order valence-electron chi connectivity index (χ0n) is 9.91. The first-order valence-electron chi connectivity index (χ1n) is 6.11. The maximum Gasteiger partial charge on any atom is 0.217 e. The van der Waals surface area contributed by atoms with Gasteiger partial charge in [-0.25, -0.2) is 4.98 Å². The lowest BCUT2D eigenvalue weighted by Gasteiger charge is -2.25. The van der Waals surface area contributed by atoms with E-state index in [4.69, 9.17) is 4.74 Å². The Morgan fingerprint density at radius 2 is 2.38 bits per heavy atom. The molecule has 1 aliphatic carbocycles. The maximum atomic E-state index is 5.74. The van der Waals surface area contributed by atoms with Gasteiger partial charge in [-0.1, -0.05) is 25.3 Å². The average Bonchev–Trinajstić information content (AvgIpc) is 2.24. The minimum Gasteiger partial charge on any atom is -0.477 e. The molecule has 1 saturated carbocycles. The van der Waals surface area contributed by atoms with Gasteiger partial charge >= 0.3 is 0 Å². The van der Waals surface area contributed by atoms with Crippen molar-refractivity contribution in [3.63, 3.8) is 0 Å². The van der Waals surface area contributed by atoms with E-state index in [1.807, 2.05) is 13.1 Å². The van der Waals surface area contributed by atoms with Crippen LogP contribution in [-0.2, 0) is 6.54 Å². The monoisotopic (exact) mass is 220 g/mol. The van der Waals surface area contributed by atoms with Crippen LogP contribution < -0.4 is 10.1 Å². The molecule has 1 heterocycles. The number of rotatable bonds is 6. The molecular weight excluding hydrogens is 200 g/mol. The molecule has 1 N–H and O–H groups in total. The summed E-state index contributed by atoms with van der Waals surface area (Å²) < 4.78 is 5.74. The summed E-state index contributed by atoms with van der Waals surface area (Å²) in [5.41, 5.74) is 1.14. The minimum atomic E-state index is 0.788. The number of aromatic nitrogens is 1. The van der Waals surface area contributed by atoms with Crippen molar-refractivity contribution in [2.75, 3.05) is 13.7 Å². The van der Waals surface area contributed by atoms with Gasteiger partial charge in [0.15, 0.2) is 0 Å². The van der Waals surface area contributed by atoms with Gasteiger partial charge in [0.05, 0.1) is 6.61 Å². The van der Waals surface area contributed by atoms with Crippen molar-refractivity contribution in [2.24, 2.45) is 5.92 Å². The molecule has 1 aromatic rings. The molecule has 1 aliphatic rings. The number of nitrogens with one attached hydrogen (secondary N) is 1. The highest BCUT2D eigenvalue weighted by Crippen LogP contribution is 2.29. The first-order valence-corrected chi connectivity index (χ1v) is 6.11. The topological polar surface area (TPSA) is 34.2 Å². The number of nitrogens with zero attached hydrogens (tertiary/aromatic N) is 1. The van der Waals surface area contributed by atoms with Crippen LogP contribution in [0.25, 0.3) is 0 Å². The zero-order valence-corrected chi connectivity index (χ0v) is 9.91. The number of hydrogen-bond acceptors (Lipinski definition) is 3. The van der Waals surface area contributed by atoms with Crippen molar-refractivity contribution in [2.45, 2.75) is 32.2 Å². The van der Waals surface area contributed by atoms with E-state index in [1.165, 1.54) is 25.7 Å². The summed E-state index contributed by atoms with van der Waals surface area (Å²) in [6.45, 7) is 1.62. The van der Waals surface area contributed by atoms with Crippen LogP contribution in [0, 0.1) is 5.92 Å². The molecule has 1 aromatic heterocycles. The Morgan fingerprint density at radius 3 is 3.06 bits per heavy atom. The van der Waals surface area contributed by atoms with E-state index in [2.05, 4.69) is 16.4 Å².